The fourth-order valence-corrected chi connectivity index (χ4v) is 3.52. The van der Waals surface area contributed by atoms with Crippen molar-refractivity contribution in [3.05, 3.63) is 65.5 Å². The zero-order valence-corrected chi connectivity index (χ0v) is 14.3. The van der Waals surface area contributed by atoms with Crippen molar-refractivity contribution >= 4 is 0 Å². The Bertz CT molecular complexity index is 714. The standard InChI is InChI=1S/C20H24FNO3/c1-14(19(24)15-7-8-18(23)17(21)13-15)22-11-9-20(25,10-12-22)16-5-3-2-4-6-16/h2-8,13-14,19,23-25H,9-12H2,1H3. The Labute approximate surface area is 147 Å². The Balaban J connectivity index is 1.66. The predicted molar refractivity (Wildman–Crippen MR) is 93.6 cm³/mol. The first-order valence-corrected chi connectivity index (χ1v) is 8.59. The molecule has 0 saturated carbocycles. The molecular formula is C20H24FNO3. The number of likely N-dealkylation sites (tertiary alicyclic amines) is 1. The van der Waals surface area contributed by atoms with Crippen LogP contribution in [-0.4, -0.2) is 39.4 Å². The molecule has 3 rings (SSSR count). The number of aromatic hydroxyl groups is 1. The average molecular weight is 345 g/mol. The third-order valence-corrected chi connectivity index (χ3v) is 5.28. The maximum atomic E-state index is 13.5. The fourth-order valence-electron chi connectivity index (χ4n) is 3.52. The van der Waals surface area contributed by atoms with Gasteiger partial charge < -0.3 is 15.3 Å². The summed E-state index contributed by atoms with van der Waals surface area (Å²) in [7, 11) is 0. The lowest BCUT2D eigenvalue weighted by molar-refractivity contribution is -0.0502. The van der Waals surface area contributed by atoms with Crippen LogP contribution in [0.5, 0.6) is 5.75 Å². The number of hydrogen-bond donors (Lipinski definition) is 3. The molecule has 2 unspecified atom stereocenters. The van der Waals surface area contributed by atoms with Gasteiger partial charge in [-0.3, -0.25) is 4.90 Å². The monoisotopic (exact) mass is 345 g/mol. The van der Waals surface area contributed by atoms with Crippen molar-refractivity contribution in [1.82, 2.24) is 4.90 Å². The summed E-state index contributed by atoms with van der Waals surface area (Å²) in [6, 6.07) is 13.4. The van der Waals surface area contributed by atoms with Crippen molar-refractivity contribution in [3.8, 4) is 5.75 Å². The summed E-state index contributed by atoms with van der Waals surface area (Å²) >= 11 is 0. The maximum Gasteiger partial charge on any atom is 0.165 e. The minimum Gasteiger partial charge on any atom is -0.505 e. The zero-order chi connectivity index (χ0) is 18.0. The van der Waals surface area contributed by atoms with Gasteiger partial charge in [0.2, 0.25) is 0 Å². The summed E-state index contributed by atoms with van der Waals surface area (Å²) in [5.41, 5.74) is 0.516. The van der Waals surface area contributed by atoms with Crippen LogP contribution in [0.4, 0.5) is 4.39 Å². The molecule has 5 heteroatoms. The molecule has 0 radical (unpaired) electrons. The lowest BCUT2D eigenvalue weighted by Crippen LogP contribution is -2.47. The van der Waals surface area contributed by atoms with E-state index in [2.05, 4.69) is 4.90 Å². The van der Waals surface area contributed by atoms with Crippen LogP contribution in [0.3, 0.4) is 0 Å². The minimum absolute atomic E-state index is 0.218. The second-order valence-electron chi connectivity index (χ2n) is 6.83. The van der Waals surface area contributed by atoms with E-state index < -0.39 is 23.3 Å². The number of phenolic OH excluding ortho intramolecular Hbond substituents is 1. The van der Waals surface area contributed by atoms with Crippen LogP contribution in [0.1, 0.15) is 37.0 Å². The van der Waals surface area contributed by atoms with Gasteiger partial charge in [0.05, 0.1) is 11.7 Å². The van der Waals surface area contributed by atoms with E-state index in [9.17, 15) is 19.7 Å². The zero-order valence-electron chi connectivity index (χ0n) is 14.3. The molecule has 1 fully saturated rings. The van der Waals surface area contributed by atoms with Crippen LogP contribution in [0.25, 0.3) is 0 Å². The number of benzene rings is 2. The van der Waals surface area contributed by atoms with Crippen molar-refractivity contribution in [2.75, 3.05) is 13.1 Å². The Kier molecular flexibility index (Phi) is 5.08. The van der Waals surface area contributed by atoms with E-state index in [-0.39, 0.29) is 6.04 Å². The highest BCUT2D eigenvalue weighted by Crippen LogP contribution is 2.35. The number of hydrogen-bond acceptors (Lipinski definition) is 4. The van der Waals surface area contributed by atoms with Gasteiger partial charge in [-0.05, 0) is 43.0 Å². The maximum absolute atomic E-state index is 13.5. The fraction of sp³-hybridized carbons (Fsp3) is 0.400. The lowest BCUT2D eigenvalue weighted by atomic mass is 9.83. The molecule has 1 heterocycles. The van der Waals surface area contributed by atoms with Crippen molar-refractivity contribution in [3.63, 3.8) is 0 Å². The molecular weight excluding hydrogens is 321 g/mol. The molecule has 0 aromatic heterocycles. The summed E-state index contributed by atoms with van der Waals surface area (Å²) in [6.45, 7) is 3.18. The predicted octanol–water partition coefficient (Wildman–Crippen LogP) is 2.94. The summed E-state index contributed by atoms with van der Waals surface area (Å²) < 4.78 is 13.5. The molecule has 134 valence electrons. The van der Waals surface area contributed by atoms with Crippen LogP contribution in [0, 0.1) is 5.82 Å². The quantitative estimate of drug-likeness (QED) is 0.797. The normalized spacial score (nSPS) is 20.2. The molecule has 2 aromatic carbocycles. The number of piperidine rings is 1. The summed E-state index contributed by atoms with van der Waals surface area (Å²) in [4.78, 5) is 2.10. The Morgan fingerprint density at radius 3 is 2.32 bits per heavy atom. The third kappa shape index (κ3) is 3.68. The SMILES string of the molecule is CC(C(O)c1ccc(O)c(F)c1)N1CCC(O)(c2ccccc2)CC1. The van der Waals surface area contributed by atoms with Gasteiger partial charge in [0.15, 0.2) is 11.6 Å². The number of aliphatic hydroxyl groups is 2. The third-order valence-electron chi connectivity index (χ3n) is 5.28. The van der Waals surface area contributed by atoms with Gasteiger partial charge in [-0.2, -0.15) is 0 Å². The smallest absolute Gasteiger partial charge is 0.165 e. The van der Waals surface area contributed by atoms with Gasteiger partial charge in [0.25, 0.3) is 0 Å². The molecule has 1 aliphatic rings. The van der Waals surface area contributed by atoms with E-state index >= 15 is 0 Å². The molecule has 1 saturated heterocycles. The highest BCUT2D eigenvalue weighted by molar-refractivity contribution is 5.30. The largest absolute Gasteiger partial charge is 0.505 e. The lowest BCUT2D eigenvalue weighted by Gasteiger charge is -2.42. The Hall–Kier alpha value is -1.95. The first kappa shape index (κ1) is 17.9. The molecule has 0 spiro atoms. The van der Waals surface area contributed by atoms with Crippen LogP contribution >= 0.6 is 0 Å². The van der Waals surface area contributed by atoms with Crippen LogP contribution < -0.4 is 0 Å². The molecule has 25 heavy (non-hydrogen) atoms. The van der Waals surface area contributed by atoms with Gasteiger partial charge >= 0.3 is 0 Å². The Morgan fingerprint density at radius 1 is 1.08 bits per heavy atom. The number of rotatable bonds is 4. The van der Waals surface area contributed by atoms with E-state index in [0.717, 1.165) is 5.56 Å². The summed E-state index contributed by atoms with van der Waals surface area (Å²) in [5, 5.41) is 30.7. The van der Waals surface area contributed by atoms with Crippen molar-refractivity contribution in [2.24, 2.45) is 0 Å². The molecule has 2 aromatic rings. The minimum atomic E-state index is -0.863. The van der Waals surface area contributed by atoms with E-state index in [1.165, 1.54) is 18.2 Å². The Morgan fingerprint density at radius 2 is 1.72 bits per heavy atom. The summed E-state index contributed by atoms with van der Waals surface area (Å²) in [6.07, 6.45) is 0.300. The van der Waals surface area contributed by atoms with Crippen LogP contribution in [0.2, 0.25) is 0 Å². The molecule has 4 nitrogen and oxygen atoms in total. The highest BCUT2D eigenvalue weighted by atomic mass is 19.1. The number of aliphatic hydroxyl groups excluding tert-OH is 1. The van der Waals surface area contributed by atoms with E-state index in [0.29, 0.717) is 31.5 Å². The molecule has 1 aliphatic heterocycles. The van der Waals surface area contributed by atoms with Crippen LogP contribution in [-0.2, 0) is 5.60 Å². The van der Waals surface area contributed by atoms with E-state index in [1.807, 2.05) is 37.3 Å². The molecule has 0 bridgehead atoms. The van der Waals surface area contributed by atoms with E-state index in [1.54, 1.807) is 0 Å². The molecule has 0 amide bonds. The van der Waals surface area contributed by atoms with Gasteiger partial charge in [0, 0.05) is 19.1 Å². The van der Waals surface area contributed by atoms with Crippen molar-refractivity contribution in [1.29, 1.82) is 0 Å². The van der Waals surface area contributed by atoms with Gasteiger partial charge in [0.1, 0.15) is 0 Å². The average Bonchev–Trinajstić information content (AvgIpc) is 2.64. The first-order valence-electron chi connectivity index (χ1n) is 8.59. The second-order valence-corrected chi connectivity index (χ2v) is 6.83. The van der Waals surface area contributed by atoms with Crippen LogP contribution in [0.15, 0.2) is 48.5 Å². The van der Waals surface area contributed by atoms with Crippen molar-refractivity contribution in [2.45, 2.75) is 37.5 Å². The number of nitrogens with zero attached hydrogens (tertiary/aromatic N) is 1. The highest BCUT2D eigenvalue weighted by Gasteiger charge is 2.36. The second kappa shape index (κ2) is 7.12. The molecule has 3 N–H and O–H groups in total. The first-order chi connectivity index (χ1) is 11.9. The van der Waals surface area contributed by atoms with Gasteiger partial charge in [-0.15, -0.1) is 0 Å². The number of halogens is 1. The number of phenols is 1. The molecule has 0 aliphatic carbocycles. The topological polar surface area (TPSA) is 63.9 Å². The molecule has 2 atom stereocenters. The van der Waals surface area contributed by atoms with Gasteiger partial charge in [-0.1, -0.05) is 36.4 Å². The van der Waals surface area contributed by atoms with E-state index in [4.69, 9.17) is 0 Å². The summed E-state index contributed by atoms with van der Waals surface area (Å²) in [5.74, 6) is -1.16. The van der Waals surface area contributed by atoms with Gasteiger partial charge in [-0.25, -0.2) is 4.39 Å². The van der Waals surface area contributed by atoms with Crippen molar-refractivity contribution < 1.29 is 19.7 Å².